The number of hydrogen-bond acceptors (Lipinski definition) is 3. The lowest BCUT2D eigenvalue weighted by molar-refractivity contribution is 0.564. The van der Waals surface area contributed by atoms with Gasteiger partial charge in [0.05, 0.1) is 17.1 Å². The Morgan fingerprint density at radius 3 is 2.43 bits per heavy atom. The van der Waals surface area contributed by atoms with E-state index in [2.05, 4.69) is 61.7 Å². The molecule has 2 N–H and O–H groups in total. The smallest absolute Gasteiger partial charge is 0.194 e. The van der Waals surface area contributed by atoms with E-state index in [9.17, 15) is 0 Å². The fraction of sp³-hybridized carbons (Fsp3) is 0.353. The number of nitrogens with two attached hydrogens (primary N) is 1. The van der Waals surface area contributed by atoms with Crippen molar-refractivity contribution >= 4 is 16.3 Å². The molecular formula is C17H21N3S. The van der Waals surface area contributed by atoms with Gasteiger partial charge in [-0.25, -0.2) is 4.98 Å². The molecule has 3 aromatic rings. The van der Waals surface area contributed by atoms with Crippen LogP contribution in [0.5, 0.6) is 0 Å². The normalized spacial score (nSPS) is 12.2. The summed E-state index contributed by atoms with van der Waals surface area (Å²) in [5.41, 5.74) is 11.9. The highest BCUT2D eigenvalue weighted by molar-refractivity contribution is 7.15. The van der Waals surface area contributed by atoms with Crippen LogP contribution >= 0.6 is 11.3 Å². The molecular weight excluding hydrogens is 278 g/mol. The molecule has 0 atom stereocenters. The Kier molecular flexibility index (Phi) is 3.38. The van der Waals surface area contributed by atoms with Gasteiger partial charge in [-0.05, 0) is 12.5 Å². The Morgan fingerprint density at radius 2 is 1.86 bits per heavy atom. The van der Waals surface area contributed by atoms with Gasteiger partial charge in [0.15, 0.2) is 4.96 Å². The Morgan fingerprint density at radius 1 is 1.19 bits per heavy atom. The molecule has 2 aromatic heterocycles. The molecule has 3 nitrogen and oxygen atoms in total. The largest absolute Gasteiger partial charge is 0.325 e. The molecule has 0 saturated heterocycles. The lowest BCUT2D eigenvalue weighted by Crippen LogP contribution is -2.17. The summed E-state index contributed by atoms with van der Waals surface area (Å²) in [5.74, 6) is 0. The van der Waals surface area contributed by atoms with Crippen molar-refractivity contribution < 1.29 is 0 Å². The first-order chi connectivity index (χ1) is 9.91. The van der Waals surface area contributed by atoms with E-state index in [4.69, 9.17) is 10.7 Å². The highest BCUT2D eigenvalue weighted by atomic mass is 32.1. The molecule has 0 bridgehead atoms. The molecule has 0 unspecified atom stereocenters. The third kappa shape index (κ3) is 2.39. The number of rotatable bonds is 2. The molecule has 3 rings (SSSR count). The van der Waals surface area contributed by atoms with Crippen molar-refractivity contribution in [1.82, 2.24) is 9.38 Å². The number of thiazole rings is 1. The summed E-state index contributed by atoms with van der Waals surface area (Å²) in [6.45, 7) is 9.16. The second-order valence-electron chi connectivity index (χ2n) is 6.47. The van der Waals surface area contributed by atoms with Gasteiger partial charge >= 0.3 is 0 Å². The average molecular weight is 299 g/mol. The SMILES string of the molecule is Cc1ccc(-c2csc3nc(C(C)(C)C)c(CN)n23)cc1. The monoisotopic (exact) mass is 299 g/mol. The highest BCUT2D eigenvalue weighted by Gasteiger charge is 2.25. The van der Waals surface area contributed by atoms with Gasteiger partial charge in [-0.3, -0.25) is 4.40 Å². The van der Waals surface area contributed by atoms with Crippen LogP contribution in [0, 0.1) is 6.92 Å². The summed E-state index contributed by atoms with van der Waals surface area (Å²) < 4.78 is 2.22. The summed E-state index contributed by atoms with van der Waals surface area (Å²) in [5, 5.41) is 2.17. The van der Waals surface area contributed by atoms with Crippen molar-refractivity contribution in [3.63, 3.8) is 0 Å². The number of aromatic nitrogens is 2. The first kappa shape index (κ1) is 14.3. The maximum atomic E-state index is 6.03. The van der Waals surface area contributed by atoms with Gasteiger partial charge in [0, 0.05) is 17.3 Å². The minimum absolute atomic E-state index is 0.00495. The summed E-state index contributed by atoms with van der Waals surface area (Å²) in [7, 11) is 0. The predicted octanol–water partition coefficient (Wildman–Crippen LogP) is 4.13. The van der Waals surface area contributed by atoms with E-state index in [0.29, 0.717) is 6.54 Å². The molecule has 0 aliphatic carbocycles. The second-order valence-corrected chi connectivity index (χ2v) is 7.30. The maximum absolute atomic E-state index is 6.03. The van der Waals surface area contributed by atoms with E-state index < -0.39 is 0 Å². The topological polar surface area (TPSA) is 43.3 Å². The predicted molar refractivity (Wildman–Crippen MR) is 89.8 cm³/mol. The van der Waals surface area contributed by atoms with Gasteiger partial charge in [-0.15, -0.1) is 11.3 Å². The third-order valence-electron chi connectivity index (χ3n) is 3.71. The minimum atomic E-state index is 0.00495. The van der Waals surface area contributed by atoms with Crippen LogP contribution in [-0.2, 0) is 12.0 Å². The molecule has 0 aliphatic heterocycles. The van der Waals surface area contributed by atoms with Crippen LogP contribution in [0.15, 0.2) is 29.6 Å². The van der Waals surface area contributed by atoms with Crippen molar-refractivity contribution in [2.75, 3.05) is 0 Å². The van der Waals surface area contributed by atoms with Gasteiger partial charge in [0.1, 0.15) is 0 Å². The van der Waals surface area contributed by atoms with Gasteiger partial charge in [-0.2, -0.15) is 0 Å². The molecule has 110 valence electrons. The fourth-order valence-electron chi connectivity index (χ4n) is 2.63. The quantitative estimate of drug-likeness (QED) is 0.773. The highest BCUT2D eigenvalue weighted by Crippen LogP contribution is 2.33. The average Bonchev–Trinajstić information content (AvgIpc) is 2.97. The van der Waals surface area contributed by atoms with Crippen LogP contribution in [0.1, 0.15) is 37.7 Å². The lowest BCUT2D eigenvalue weighted by atomic mass is 9.90. The molecule has 4 heteroatoms. The molecule has 2 heterocycles. The Balaban J connectivity index is 2.26. The number of aryl methyl sites for hydroxylation is 1. The fourth-order valence-corrected chi connectivity index (χ4v) is 3.55. The van der Waals surface area contributed by atoms with E-state index >= 15 is 0 Å². The van der Waals surface area contributed by atoms with Gasteiger partial charge in [0.25, 0.3) is 0 Å². The van der Waals surface area contributed by atoms with Gasteiger partial charge < -0.3 is 5.73 Å². The van der Waals surface area contributed by atoms with Crippen molar-refractivity contribution in [2.45, 2.75) is 39.7 Å². The van der Waals surface area contributed by atoms with E-state index in [-0.39, 0.29) is 5.41 Å². The summed E-state index contributed by atoms with van der Waals surface area (Å²) in [6.07, 6.45) is 0. The van der Waals surface area contributed by atoms with Crippen LogP contribution in [0.4, 0.5) is 0 Å². The first-order valence-electron chi connectivity index (χ1n) is 7.18. The van der Waals surface area contributed by atoms with E-state index in [1.807, 2.05) is 0 Å². The van der Waals surface area contributed by atoms with E-state index in [1.54, 1.807) is 11.3 Å². The first-order valence-corrected chi connectivity index (χ1v) is 8.06. The molecule has 21 heavy (non-hydrogen) atoms. The van der Waals surface area contributed by atoms with Crippen molar-refractivity contribution in [3.05, 3.63) is 46.6 Å². The zero-order chi connectivity index (χ0) is 15.2. The number of nitrogens with zero attached hydrogens (tertiary/aromatic N) is 2. The van der Waals surface area contributed by atoms with Gasteiger partial charge in [-0.1, -0.05) is 50.6 Å². The molecule has 0 radical (unpaired) electrons. The number of imidazole rings is 1. The Bertz CT molecular complexity index is 773. The molecule has 1 aromatic carbocycles. The number of benzene rings is 1. The zero-order valence-electron chi connectivity index (χ0n) is 13.0. The molecule has 0 spiro atoms. The second kappa shape index (κ2) is 4.97. The molecule has 0 amide bonds. The van der Waals surface area contributed by atoms with Crippen LogP contribution in [0.25, 0.3) is 16.2 Å². The Labute approximate surface area is 129 Å². The minimum Gasteiger partial charge on any atom is -0.325 e. The molecule has 0 fully saturated rings. The summed E-state index contributed by atoms with van der Waals surface area (Å²) >= 11 is 1.68. The molecule has 0 aliphatic rings. The van der Waals surface area contributed by atoms with Crippen LogP contribution in [0.2, 0.25) is 0 Å². The summed E-state index contributed by atoms with van der Waals surface area (Å²) in [6, 6.07) is 8.60. The zero-order valence-corrected chi connectivity index (χ0v) is 13.8. The van der Waals surface area contributed by atoms with Crippen LogP contribution < -0.4 is 5.73 Å². The standard InChI is InChI=1S/C17H21N3S/c1-11-5-7-12(8-6-11)14-10-21-16-19-15(17(2,3)4)13(9-18)20(14)16/h5-8,10H,9,18H2,1-4H3. The van der Waals surface area contributed by atoms with E-state index in [0.717, 1.165) is 16.3 Å². The van der Waals surface area contributed by atoms with E-state index in [1.165, 1.54) is 16.8 Å². The number of hydrogen-bond donors (Lipinski definition) is 1. The maximum Gasteiger partial charge on any atom is 0.194 e. The van der Waals surface area contributed by atoms with Crippen molar-refractivity contribution in [1.29, 1.82) is 0 Å². The van der Waals surface area contributed by atoms with Crippen LogP contribution in [-0.4, -0.2) is 9.38 Å². The third-order valence-corrected chi connectivity index (χ3v) is 4.54. The summed E-state index contributed by atoms with van der Waals surface area (Å²) in [4.78, 5) is 5.84. The van der Waals surface area contributed by atoms with Crippen LogP contribution in [0.3, 0.4) is 0 Å². The van der Waals surface area contributed by atoms with Crippen molar-refractivity contribution in [3.8, 4) is 11.3 Å². The van der Waals surface area contributed by atoms with Crippen molar-refractivity contribution in [2.24, 2.45) is 5.73 Å². The Hall–Kier alpha value is -1.65. The van der Waals surface area contributed by atoms with Gasteiger partial charge in [0.2, 0.25) is 0 Å². The number of fused-ring (bicyclic) bond motifs is 1. The lowest BCUT2D eigenvalue weighted by Gasteiger charge is -2.17. The molecule has 0 saturated carbocycles.